The first-order valence-corrected chi connectivity index (χ1v) is 16.1. The summed E-state index contributed by atoms with van der Waals surface area (Å²) in [4.78, 5) is 13.1. The summed E-state index contributed by atoms with van der Waals surface area (Å²) in [5.41, 5.74) is 2.58. The fraction of sp³-hybridized carbons (Fsp3) is 0.639. The van der Waals surface area contributed by atoms with Crippen molar-refractivity contribution in [2.75, 3.05) is 20.7 Å². The molecule has 0 spiro atoms. The number of rotatable bonds is 22. The molecule has 0 aliphatic rings. The van der Waals surface area contributed by atoms with Crippen LogP contribution in [0.25, 0.3) is 0 Å². The van der Waals surface area contributed by atoms with E-state index < -0.39 is 0 Å². The summed E-state index contributed by atoms with van der Waals surface area (Å²) in [5, 5.41) is 0. The first-order valence-electron chi connectivity index (χ1n) is 16.1. The molecule has 0 radical (unpaired) electrons. The van der Waals surface area contributed by atoms with Crippen molar-refractivity contribution in [3.05, 3.63) is 65.7 Å². The van der Waals surface area contributed by atoms with Crippen molar-refractivity contribution in [3.8, 4) is 5.75 Å². The van der Waals surface area contributed by atoms with Crippen LogP contribution in [0.4, 0.5) is 0 Å². The Morgan fingerprint density at radius 3 is 2.02 bits per heavy atom. The molecular weight excluding hydrogens is 494 g/mol. The van der Waals surface area contributed by atoms with Gasteiger partial charge in [-0.25, -0.2) is 4.79 Å². The number of hydrogen-bond donors (Lipinski definition) is 0. The van der Waals surface area contributed by atoms with Gasteiger partial charge in [0.05, 0.1) is 26.8 Å². The minimum absolute atomic E-state index is 0.0168. The van der Waals surface area contributed by atoms with Gasteiger partial charge in [0.25, 0.3) is 0 Å². The maximum atomic E-state index is 13.1. The van der Waals surface area contributed by atoms with Crippen molar-refractivity contribution >= 4 is 5.97 Å². The van der Waals surface area contributed by atoms with Gasteiger partial charge < -0.3 is 14.0 Å². The SMILES string of the molecule is CCCCCCCCCCCCc1cccc(OC(C)CCOC(=O)C(CCC)[N+](C)(C)Cc2ccccc2)c1. The van der Waals surface area contributed by atoms with E-state index >= 15 is 0 Å². The maximum Gasteiger partial charge on any atom is 0.364 e. The van der Waals surface area contributed by atoms with Crippen LogP contribution >= 0.6 is 0 Å². The zero-order valence-corrected chi connectivity index (χ0v) is 26.3. The van der Waals surface area contributed by atoms with E-state index in [-0.39, 0.29) is 18.1 Å². The standard InChI is InChI=1S/C36H58NO3/c1-6-8-9-10-11-12-13-14-15-17-22-32-25-20-26-34(29-32)40-31(3)27-28-39-36(38)35(21-7-2)37(4,5)30-33-23-18-16-19-24-33/h16,18-20,23-26,29,31,35H,6-15,17,21-22,27-28,30H2,1-5H3/q+1. The Bertz CT molecular complexity index is 927. The van der Waals surface area contributed by atoms with E-state index in [4.69, 9.17) is 9.47 Å². The highest BCUT2D eigenvalue weighted by Crippen LogP contribution is 2.21. The average Bonchev–Trinajstić information content (AvgIpc) is 2.93. The van der Waals surface area contributed by atoms with Crippen molar-refractivity contribution in [2.24, 2.45) is 0 Å². The predicted octanol–water partition coefficient (Wildman–Crippen LogP) is 9.30. The topological polar surface area (TPSA) is 35.5 Å². The van der Waals surface area contributed by atoms with E-state index in [1.54, 1.807) is 0 Å². The lowest BCUT2D eigenvalue weighted by Crippen LogP contribution is -2.52. The molecule has 0 aliphatic carbocycles. The summed E-state index contributed by atoms with van der Waals surface area (Å²) in [5.74, 6) is 0.807. The maximum absolute atomic E-state index is 13.1. The fourth-order valence-electron chi connectivity index (χ4n) is 5.49. The Labute approximate surface area is 246 Å². The molecule has 0 N–H and O–H groups in total. The molecule has 0 amide bonds. The number of carbonyl (C=O) groups excluding carboxylic acids is 1. The number of aryl methyl sites for hydroxylation is 1. The van der Waals surface area contributed by atoms with E-state index in [1.165, 1.54) is 75.3 Å². The summed E-state index contributed by atoms with van der Waals surface area (Å²) >= 11 is 0. The quantitative estimate of drug-likeness (QED) is 0.0829. The van der Waals surface area contributed by atoms with Crippen molar-refractivity contribution < 1.29 is 18.8 Å². The van der Waals surface area contributed by atoms with Crippen molar-refractivity contribution in [1.29, 1.82) is 0 Å². The zero-order chi connectivity index (χ0) is 29.1. The molecule has 0 saturated carbocycles. The van der Waals surface area contributed by atoms with Gasteiger partial charge in [-0.2, -0.15) is 0 Å². The van der Waals surface area contributed by atoms with Crippen LogP contribution in [-0.4, -0.2) is 43.3 Å². The Balaban J connectivity index is 1.69. The van der Waals surface area contributed by atoms with Gasteiger partial charge in [-0.15, -0.1) is 0 Å². The lowest BCUT2D eigenvalue weighted by Gasteiger charge is -2.36. The van der Waals surface area contributed by atoms with Crippen LogP contribution in [0.15, 0.2) is 54.6 Å². The lowest BCUT2D eigenvalue weighted by atomic mass is 10.0. The van der Waals surface area contributed by atoms with Gasteiger partial charge in [0.1, 0.15) is 12.3 Å². The van der Waals surface area contributed by atoms with Gasteiger partial charge in [-0.05, 0) is 43.9 Å². The number of quaternary nitrogens is 1. The molecule has 224 valence electrons. The molecule has 0 bridgehead atoms. The van der Waals surface area contributed by atoms with E-state index in [1.807, 2.05) is 12.1 Å². The molecule has 4 nitrogen and oxygen atoms in total. The minimum atomic E-state index is -0.177. The fourth-order valence-corrected chi connectivity index (χ4v) is 5.49. The van der Waals surface area contributed by atoms with E-state index in [2.05, 4.69) is 77.3 Å². The van der Waals surface area contributed by atoms with E-state index in [9.17, 15) is 4.79 Å². The number of likely N-dealkylation sites (N-methyl/N-ethyl adjacent to an activating group) is 1. The highest BCUT2D eigenvalue weighted by atomic mass is 16.5. The molecule has 0 saturated heterocycles. The molecule has 2 aromatic carbocycles. The first-order chi connectivity index (χ1) is 19.4. The third-order valence-corrected chi connectivity index (χ3v) is 7.93. The molecule has 0 fully saturated rings. The number of benzene rings is 2. The van der Waals surface area contributed by atoms with Gasteiger partial charge in [-0.1, -0.05) is 114 Å². The number of esters is 1. The van der Waals surface area contributed by atoms with Gasteiger partial charge in [0, 0.05) is 18.4 Å². The molecule has 2 unspecified atom stereocenters. The van der Waals surface area contributed by atoms with Crippen LogP contribution in [0.3, 0.4) is 0 Å². The van der Waals surface area contributed by atoms with E-state index in [0.29, 0.717) is 17.5 Å². The zero-order valence-electron chi connectivity index (χ0n) is 26.3. The minimum Gasteiger partial charge on any atom is -0.491 e. The Kier molecular flexibility index (Phi) is 16.7. The Morgan fingerprint density at radius 1 is 0.750 bits per heavy atom. The Morgan fingerprint density at radius 2 is 1.38 bits per heavy atom. The van der Waals surface area contributed by atoms with E-state index in [0.717, 1.165) is 31.6 Å². The number of hydrogen-bond acceptors (Lipinski definition) is 3. The highest BCUT2D eigenvalue weighted by molar-refractivity contribution is 5.74. The third kappa shape index (κ3) is 13.8. The van der Waals surface area contributed by atoms with Crippen LogP contribution in [0.1, 0.15) is 115 Å². The van der Waals surface area contributed by atoms with Crippen LogP contribution in [0.5, 0.6) is 5.75 Å². The molecule has 0 aromatic heterocycles. The second-order valence-electron chi connectivity index (χ2n) is 12.2. The van der Waals surface area contributed by atoms with Crippen molar-refractivity contribution in [3.63, 3.8) is 0 Å². The number of ether oxygens (including phenoxy) is 2. The largest absolute Gasteiger partial charge is 0.491 e. The normalized spacial score (nSPS) is 13.1. The molecule has 0 aliphatic heterocycles. The predicted molar refractivity (Wildman–Crippen MR) is 169 cm³/mol. The summed E-state index contributed by atoms with van der Waals surface area (Å²) in [7, 11) is 4.26. The molecule has 2 aromatic rings. The molecule has 40 heavy (non-hydrogen) atoms. The number of carbonyl (C=O) groups is 1. The second kappa shape index (κ2) is 19.7. The molecule has 2 atom stereocenters. The number of nitrogens with zero attached hydrogens (tertiary/aromatic N) is 1. The van der Waals surface area contributed by atoms with Gasteiger partial charge in [0.15, 0.2) is 6.04 Å². The van der Waals surface area contributed by atoms with Gasteiger partial charge in [0.2, 0.25) is 0 Å². The smallest absolute Gasteiger partial charge is 0.364 e. The lowest BCUT2D eigenvalue weighted by molar-refractivity contribution is -0.920. The number of unbranched alkanes of at least 4 members (excludes halogenated alkanes) is 9. The summed E-state index contributed by atoms with van der Waals surface area (Å²) < 4.78 is 12.6. The summed E-state index contributed by atoms with van der Waals surface area (Å²) in [6, 6.07) is 18.7. The Hall–Kier alpha value is -2.33. The molecule has 4 heteroatoms. The van der Waals surface area contributed by atoms with Crippen LogP contribution in [-0.2, 0) is 22.5 Å². The van der Waals surface area contributed by atoms with Crippen molar-refractivity contribution in [2.45, 2.75) is 129 Å². The second-order valence-corrected chi connectivity index (χ2v) is 12.2. The average molecular weight is 553 g/mol. The highest BCUT2D eigenvalue weighted by Gasteiger charge is 2.35. The van der Waals surface area contributed by atoms with Crippen LogP contribution < -0.4 is 4.74 Å². The monoisotopic (exact) mass is 552 g/mol. The van der Waals surface area contributed by atoms with Crippen LogP contribution in [0, 0.1) is 0 Å². The summed E-state index contributed by atoms with van der Waals surface area (Å²) in [6.07, 6.45) is 17.1. The molecule has 2 rings (SSSR count). The van der Waals surface area contributed by atoms with Gasteiger partial charge in [-0.3, -0.25) is 0 Å². The molecule has 0 heterocycles. The van der Waals surface area contributed by atoms with Crippen molar-refractivity contribution in [1.82, 2.24) is 0 Å². The van der Waals surface area contributed by atoms with Gasteiger partial charge >= 0.3 is 5.97 Å². The first kappa shape index (κ1) is 33.9. The third-order valence-electron chi connectivity index (χ3n) is 7.93. The summed E-state index contributed by atoms with van der Waals surface area (Å²) in [6.45, 7) is 7.64. The molecular formula is C36H58NO3+. The van der Waals surface area contributed by atoms with Crippen LogP contribution in [0.2, 0.25) is 0 Å².